The van der Waals surface area contributed by atoms with Gasteiger partial charge in [-0.2, -0.15) is 4.40 Å². The summed E-state index contributed by atoms with van der Waals surface area (Å²) < 4.78 is 55.2. The number of aromatic hydroxyl groups is 1. The average molecular weight is 323 g/mol. The predicted molar refractivity (Wildman–Crippen MR) is 74.9 cm³/mol. The number of rotatable bonds is 3. The summed E-state index contributed by atoms with van der Waals surface area (Å²) in [5.74, 6) is -0.961. The van der Waals surface area contributed by atoms with Crippen molar-refractivity contribution in [2.24, 2.45) is 4.40 Å². The van der Waals surface area contributed by atoms with Crippen LogP contribution in [-0.2, 0) is 11.0 Å². The van der Waals surface area contributed by atoms with Gasteiger partial charge in [0, 0.05) is 11.6 Å². The largest absolute Gasteiger partial charge is 0.573 e. The van der Waals surface area contributed by atoms with E-state index in [9.17, 15) is 22.5 Å². The minimum absolute atomic E-state index is 0.196. The fourth-order valence-corrected chi connectivity index (χ4v) is 1.95. The molecule has 21 heavy (non-hydrogen) atoms. The number of phenols is 1. The molecule has 8 heteroatoms. The van der Waals surface area contributed by atoms with Crippen molar-refractivity contribution in [3.63, 3.8) is 0 Å². The van der Waals surface area contributed by atoms with Crippen LogP contribution >= 0.6 is 0 Å². The van der Waals surface area contributed by atoms with Crippen LogP contribution in [0.4, 0.5) is 13.2 Å². The first-order chi connectivity index (χ1) is 9.40. The van der Waals surface area contributed by atoms with Crippen molar-refractivity contribution < 1.29 is 27.2 Å². The van der Waals surface area contributed by atoms with E-state index in [2.05, 4.69) is 9.13 Å². The monoisotopic (exact) mass is 323 g/mol. The van der Waals surface area contributed by atoms with Gasteiger partial charge in [-0.15, -0.1) is 13.2 Å². The highest BCUT2D eigenvalue weighted by molar-refractivity contribution is 7.85. The Balaban J connectivity index is 3.05. The molecule has 0 aliphatic heterocycles. The van der Waals surface area contributed by atoms with Gasteiger partial charge in [0.15, 0.2) is 0 Å². The van der Waals surface area contributed by atoms with Gasteiger partial charge in [-0.05, 0) is 39.8 Å². The van der Waals surface area contributed by atoms with E-state index in [1.807, 2.05) is 0 Å². The highest BCUT2D eigenvalue weighted by Crippen LogP contribution is 2.29. The van der Waals surface area contributed by atoms with Gasteiger partial charge >= 0.3 is 6.36 Å². The minimum atomic E-state index is -4.83. The summed E-state index contributed by atoms with van der Waals surface area (Å²) in [7, 11) is -1.53. The molecule has 1 N–H and O–H groups in total. The van der Waals surface area contributed by atoms with Crippen LogP contribution in [0.1, 0.15) is 33.3 Å². The maximum absolute atomic E-state index is 12.1. The van der Waals surface area contributed by atoms with Gasteiger partial charge < -0.3 is 9.84 Å². The van der Waals surface area contributed by atoms with E-state index in [0.29, 0.717) is 0 Å². The van der Waals surface area contributed by atoms with Gasteiger partial charge in [0.1, 0.15) is 22.5 Å². The van der Waals surface area contributed by atoms with Crippen LogP contribution in [-0.4, -0.2) is 26.1 Å². The lowest BCUT2D eigenvalue weighted by Crippen LogP contribution is -2.20. The third-order valence-corrected chi connectivity index (χ3v) is 3.82. The molecule has 0 aromatic heterocycles. The second-order valence-corrected chi connectivity index (χ2v) is 7.17. The average Bonchev–Trinajstić information content (AvgIpc) is 2.24. The molecule has 0 saturated heterocycles. The predicted octanol–water partition coefficient (Wildman–Crippen LogP) is 3.56. The molecule has 0 fully saturated rings. The molecule has 0 aliphatic carbocycles. The van der Waals surface area contributed by atoms with E-state index >= 15 is 0 Å². The van der Waals surface area contributed by atoms with Crippen LogP contribution in [0.25, 0.3) is 0 Å². The molecular weight excluding hydrogens is 307 g/mol. The summed E-state index contributed by atoms with van der Waals surface area (Å²) in [6, 6.07) is 3.12. The molecule has 0 bridgehead atoms. The van der Waals surface area contributed by atoms with E-state index < -0.39 is 33.6 Å². The molecule has 0 spiro atoms. The summed E-state index contributed by atoms with van der Waals surface area (Å²) in [5.41, 5.74) is 0.460. The van der Waals surface area contributed by atoms with Gasteiger partial charge in [0.25, 0.3) is 0 Å². The first-order valence-corrected chi connectivity index (χ1v) is 7.07. The number of benzene rings is 1. The topological polar surface area (TPSA) is 58.9 Å². The second-order valence-electron chi connectivity index (χ2n) is 5.26. The minimum Gasteiger partial charge on any atom is -0.507 e. The molecule has 0 aliphatic rings. The fourth-order valence-electron chi connectivity index (χ4n) is 1.32. The van der Waals surface area contributed by atoms with Crippen LogP contribution in [0.3, 0.4) is 0 Å². The van der Waals surface area contributed by atoms with Crippen molar-refractivity contribution in [3.8, 4) is 11.5 Å². The highest BCUT2D eigenvalue weighted by Gasteiger charge is 2.31. The van der Waals surface area contributed by atoms with Crippen molar-refractivity contribution in [3.05, 3.63) is 23.8 Å². The second kappa shape index (κ2) is 6.05. The fraction of sp³-hybridized carbons (Fsp3) is 0.462. The molecule has 1 aromatic rings. The zero-order chi connectivity index (χ0) is 16.4. The number of alkyl halides is 3. The van der Waals surface area contributed by atoms with E-state index in [4.69, 9.17) is 0 Å². The van der Waals surface area contributed by atoms with Crippen LogP contribution in [0, 0.1) is 0 Å². The molecule has 0 saturated carbocycles. The van der Waals surface area contributed by atoms with E-state index in [0.717, 1.165) is 12.1 Å². The van der Waals surface area contributed by atoms with Crippen LogP contribution in [0.15, 0.2) is 22.6 Å². The Labute approximate surface area is 123 Å². The van der Waals surface area contributed by atoms with Crippen LogP contribution < -0.4 is 4.74 Å². The standard InChI is InChI=1S/C13H16F3NO3S/c1-8(17-21(19)12(2,3)4)10-6-5-9(7-11(10)18)20-13(14,15)16/h5-7,18H,1-4H3/b17-8+. The third-order valence-electron chi connectivity index (χ3n) is 2.34. The molecule has 1 unspecified atom stereocenters. The Hall–Kier alpha value is -1.57. The molecule has 1 aromatic carbocycles. The van der Waals surface area contributed by atoms with Crippen molar-refractivity contribution in [2.45, 2.75) is 38.8 Å². The van der Waals surface area contributed by atoms with Crippen molar-refractivity contribution >= 4 is 16.7 Å². The highest BCUT2D eigenvalue weighted by atomic mass is 32.2. The van der Waals surface area contributed by atoms with E-state index in [1.54, 1.807) is 20.8 Å². The summed E-state index contributed by atoms with van der Waals surface area (Å²) in [6.07, 6.45) is -4.83. The summed E-state index contributed by atoms with van der Waals surface area (Å²) in [6.45, 7) is 6.73. The van der Waals surface area contributed by atoms with Gasteiger partial charge in [0.2, 0.25) is 0 Å². The lowest BCUT2D eigenvalue weighted by atomic mass is 10.1. The zero-order valence-electron chi connectivity index (χ0n) is 12.0. The first-order valence-electron chi connectivity index (χ1n) is 5.96. The zero-order valence-corrected chi connectivity index (χ0v) is 12.8. The lowest BCUT2D eigenvalue weighted by molar-refractivity contribution is -0.274. The Morgan fingerprint density at radius 1 is 1.29 bits per heavy atom. The third kappa shape index (κ3) is 5.37. The van der Waals surface area contributed by atoms with Gasteiger partial charge in [0.05, 0.1) is 10.5 Å². The Morgan fingerprint density at radius 3 is 2.29 bits per heavy atom. The van der Waals surface area contributed by atoms with Gasteiger partial charge in [-0.25, -0.2) is 4.21 Å². The Morgan fingerprint density at radius 2 is 1.86 bits per heavy atom. The quantitative estimate of drug-likeness (QED) is 0.865. The number of halogens is 3. The maximum Gasteiger partial charge on any atom is 0.573 e. The lowest BCUT2D eigenvalue weighted by Gasteiger charge is -2.15. The van der Waals surface area contributed by atoms with Crippen molar-refractivity contribution in [1.29, 1.82) is 0 Å². The number of hydrogen-bond acceptors (Lipinski definition) is 3. The molecule has 1 atom stereocenters. The van der Waals surface area contributed by atoms with Gasteiger partial charge in [-0.3, -0.25) is 0 Å². The van der Waals surface area contributed by atoms with Gasteiger partial charge in [-0.1, -0.05) is 0 Å². The van der Waals surface area contributed by atoms with Crippen molar-refractivity contribution in [2.75, 3.05) is 0 Å². The smallest absolute Gasteiger partial charge is 0.507 e. The SMILES string of the molecule is C/C(=N\S(=O)C(C)(C)C)c1ccc(OC(F)(F)F)cc1O. The Kier molecular flexibility index (Phi) is 5.03. The molecule has 0 radical (unpaired) electrons. The maximum atomic E-state index is 12.1. The molecule has 0 amide bonds. The first kappa shape index (κ1) is 17.5. The van der Waals surface area contributed by atoms with Crippen LogP contribution in [0.2, 0.25) is 0 Å². The summed E-state index contributed by atoms with van der Waals surface area (Å²) >= 11 is 0. The summed E-state index contributed by atoms with van der Waals surface area (Å²) in [4.78, 5) is 0. The molecule has 118 valence electrons. The van der Waals surface area contributed by atoms with E-state index in [-0.39, 0.29) is 11.3 Å². The molecular formula is C13H16F3NO3S. The number of nitrogens with zero attached hydrogens (tertiary/aromatic N) is 1. The molecule has 0 heterocycles. The van der Waals surface area contributed by atoms with Crippen molar-refractivity contribution in [1.82, 2.24) is 0 Å². The molecule has 1 rings (SSSR count). The summed E-state index contributed by atoms with van der Waals surface area (Å²) in [5, 5.41) is 9.75. The Bertz CT molecular complexity index is 577. The normalized spacial score (nSPS) is 14.9. The van der Waals surface area contributed by atoms with E-state index in [1.165, 1.54) is 13.0 Å². The number of phenolic OH excluding ortho intramolecular Hbond substituents is 1. The number of hydrogen-bond donors (Lipinski definition) is 1. The number of ether oxygens (including phenoxy) is 1. The van der Waals surface area contributed by atoms with Crippen LogP contribution in [0.5, 0.6) is 11.5 Å². The molecule has 4 nitrogen and oxygen atoms in total.